The third-order valence-corrected chi connectivity index (χ3v) is 4.52. The van der Waals surface area contributed by atoms with Crippen LogP contribution >= 0.6 is 0 Å². The fourth-order valence-corrected chi connectivity index (χ4v) is 3.00. The fourth-order valence-electron chi connectivity index (χ4n) is 3.00. The van der Waals surface area contributed by atoms with E-state index in [1.54, 1.807) is 0 Å². The predicted molar refractivity (Wildman–Crippen MR) is 89.1 cm³/mol. The molecule has 1 unspecified atom stereocenters. The van der Waals surface area contributed by atoms with Crippen molar-refractivity contribution in [2.75, 3.05) is 45.8 Å². The van der Waals surface area contributed by atoms with E-state index in [2.05, 4.69) is 23.6 Å². The summed E-state index contributed by atoms with van der Waals surface area (Å²) < 4.78 is 0. The number of nitrogens with two attached hydrogens (primary N) is 1. The molecule has 1 atom stereocenters. The van der Waals surface area contributed by atoms with Gasteiger partial charge >= 0.3 is 0 Å². The summed E-state index contributed by atoms with van der Waals surface area (Å²) in [7, 11) is 0. The predicted octanol–water partition coefficient (Wildman–Crippen LogP) is 2.95. The molecule has 0 bridgehead atoms. The maximum atomic E-state index is 5.70. The van der Waals surface area contributed by atoms with Crippen molar-refractivity contribution in [2.45, 2.75) is 58.8 Å². The molecule has 1 aliphatic rings. The first-order valence-corrected chi connectivity index (χ1v) is 8.91. The van der Waals surface area contributed by atoms with E-state index in [1.807, 2.05) is 0 Å². The van der Waals surface area contributed by atoms with Gasteiger partial charge in [0.05, 0.1) is 0 Å². The molecule has 1 aliphatic heterocycles. The lowest BCUT2D eigenvalue weighted by Gasteiger charge is -2.35. The summed E-state index contributed by atoms with van der Waals surface area (Å²) in [6, 6.07) is 0. The van der Waals surface area contributed by atoms with E-state index in [0.29, 0.717) is 5.92 Å². The van der Waals surface area contributed by atoms with Crippen LogP contribution in [0.25, 0.3) is 0 Å². The molecule has 0 aromatic heterocycles. The molecule has 1 saturated heterocycles. The van der Waals surface area contributed by atoms with Crippen molar-refractivity contribution in [3.63, 3.8) is 0 Å². The SMILES string of the molecule is CCCCCCCCCN1CCN(CC(C)CN)CC1. The third-order valence-electron chi connectivity index (χ3n) is 4.52. The van der Waals surface area contributed by atoms with Crippen LogP contribution in [0.5, 0.6) is 0 Å². The Labute approximate surface area is 126 Å². The highest BCUT2D eigenvalue weighted by molar-refractivity contribution is 4.73. The summed E-state index contributed by atoms with van der Waals surface area (Å²) in [6.07, 6.45) is 9.91. The van der Waals surface area contributed by atoms with Gasteiger partial charge in [0.15, 0.2) is 0 Å². The van der Waals surface area contributed by atoms with E-state index in [4.69, 9.17) is 5.73 Å². The van der Waals surface area contributed by atoms with Gasteiger partial charge in [-0.1, -0.05) is 52.4 Å². The maximum Gasteiger partial charge on any atom is 0.0110 e. The standard InChI is InChI=1S/C17H37N3/c1-3-4-5-6-7-8-9-10-19-11-13-20(14-12-19)16-17(2)15-18/h17H,3-16,18H2,1-2H3. The molecular formula is C17H37N3. The molecule has 2 N–H and O–H groups in total. The Bertz CT molecular complexity index is 212. The highest BCUT2D eigenvalue weighted by Gasteiger charge is 2.17. The molecule has 0 saturated carbocycles. The Kier molecular flexibility index (Phi) is 10.3. The average molecular weight is 284 g/mol. The summed E-state index contributed by atoms with van der Waals surface area (Å²) >= 11 is 0. The molecule has 120 valence electrons. The lowest BCUT2D eigenvalue weighted by Crippen LogP contribution is -2.48. The second-order valence-corrected chi connectivity index (χ2v) is 6.60. The van der Waals surface area contributed by atoms with Gasteiger partial charge < -0.3 is 15.5 Å². The summed E-state index contributed by atoms with van der Waals surface area (Å²) in [5, 5.41) is 0. The van der Waals surface area contributed by atoms with Gasteiger partial charge in [-0.2, -0.15) is 0 Å². The van der Waals surface area contributed by atoms with Crippen molar-refractivity contribution < 1.29 is 0 Å². The van der Waals surface area contributed by atoms with Gasteiger partial charge in [0, 0.05) is 32.7 Å². The first-order valence-electron chi connectivity index (χ1n) is 8.91. The molecule has 3 nitrogen and oxygen atoms in total. The van der Waals surface area contributed by atoms with Crippen molar-refractivity contribution in [1.82, 2.24) is 9.80 Å². The zero-order chi connectivity index (χ0) is 14.6. The summed E-state index contributed by atoms with van der Waals surface area (Å²) in [5.41, 5.74) is 5.70. The molecule has 3 heteroatoms. The number of hydrogen-bond acceptors (Lipinski definition) is 3. The quantitative estimate of drug-likeness (QED) is 0.592. The lowest BCUT2D eigenvalue weighted by atomic mass is 10.1. The molecule has 0 aromatic carbocycles. The van der Waals surface area contributed by atoms with Crippen molar-refractivity contribution in [1.29, 1.82) is 0 Å². The second kappa shape index (κ2) is 11.5. The molecule has 0 spiro atoms. The molecule has 0 amide bonds. The van der Waals surface area contributed by atoms with Crippen LogP contribution in [0, 0.1) is 5.92 Å². The molecule has 0 aromatic rings. The number of rotatable bonds is 11. The van der Waals surface area contributed by atoms with Gasteiger partial charge in [-0.05, 0) is 25.4 Å². The van der Waals surface area contributed by atoms with Crippen LogP contribution in [0.2, 0.25) is 0 Å². The number of hydrogen-bond donors (Lipinski definition) is 1. The minimum absolute atomic E-state index is 0.643. The highest BCUT2D eigenvalue weighted by atomic mass is 15.3. The molecule has 1 fully saturated rings. The van der Waals surface area contributed by atoms with Crippen LogP contribution in [0.3, 0.4) is 0 Å². The van der Waals surface area contributed by atoms with Gasteiger partial charge in [-0.25, -0.2) is 0 Å². The van der Waals surface area contributed by atoms with Crippen LogP contribution in [0.4, 0.5) is 0 Å². The summed E-state index contributed by atoms with van der Waals surface area (Å²) in [4.78, 5) is 5.23. The van der Waals surface area contributed by atoms with E-state index < -0.39 is 0 Å². The topological polar surface area (TPSA) is 32.5 Å². The van der Waals surface area contributed by atoms with E-state index in [-0.39, 0.29) is 0 Å². The first-order chi connectivity index (χ1) is 9.76. The van der Waals surface area contributed by atoms with Crippen molar-refractivity contribution in [2.24, 2.45) is 11.7 Å². The maximum absolute atomic E-state index is 5.70. The van der Waals surface area contributed by atoms with E-state index in [1.165, 1.54) is 84.2 Å². The summed E-state index contributed by atoms with van der Waals surface area (Å²) in [6.45, 7) is 12.8. The Morgan fingerprint density at radius 3 is 2.00 bits per heavy atom. The van der Waals surface area contributed by atoms with Gasteiger partial charge in [0.25, 0.3) is 0 Å². The first kappa shape index (κ1) is 17.9. The minimum atomic E-state index is 0.643. The minimum Gasteiger partial charge on any atom is -0.330 e. The van der Waals surface area contributed by atoms with E-state index in [9.17, 15) is 0 Å². The fraction of sp³-hybridized carbons (Fsp3) is 1.00. The molecule has 1 rings (SSSR count). The van der Waals surface area contributed by atoms with Crippen LogP contribution in [0.1, 0.15) is 58.8 Å². The zero-order valence-electron chi connectivity index (χ0n) is 13.9. The van der Waals surface area contributed by atoms with Crippen LogP contribution in [0.15, 0.2) is 0 Å². The third kappa shape index (κ3) is 8.23. The van der Waals surface area contributed by atoms with Gasteiger partial charge in [0.2, 0.25) is 0 Å². The van der Waals surface area contributed by atoms with Gasteiger partial charge in [-0.15, -0.1) is 0 Å². The smallest absolute Gasteiger partial charge is 0.0110 e. The molecular weight excluding hydrogens is 246 g/mol. The molecule has 20 heavy (non-hydrogen) atoms. The monoisotopic (exact) mass is 283 g/mol. The van der Waals surface area contributed by atoms with E-state index in [0.717, 1.165) is 6.54 Å². The Balaban J connectivity index is 1.94. The second-order valence-electron chi connectivity index (χ2n) is 6.60. The largest absolute Gasteiger partial charge is 0.330 e. The van der Waals surface area contributed by atoms with Crippen molar-refractivity contribution in [3.8, 4) is 0 Å². The Hall–Kier alpha value is -0.120. The number of nitrogens with zero attached hydrogens (tertiary/aromatic N) is 2. The van der Waals surface area contributed by atoms with Gasteiger partial charge in [-0.3, -0.25) is 0 Å². The number of piperazine rings is 1. The van der Waals surface area contributed by atoms with Gasteiger partial charge in [0.1, 0.15) is 0 Å². The van der Waals surface area contributed by atoms with E-state index >= 15 is 0 Å². The zero-order valence-corrected chi connectivity index (χ0v) is 13.9. The average Bonchev–Trinajstić information content (AvgIpc) is 2.48. The van der Waals surface area contributed by atoms with Crippen molar-refractivity contribution in [3.05, 3.63) is 0 Å². The molecule has 1 heterocycles. The van der Waals surface area contributed by atoms with Crippen molar-refractivity contribution >= 4 is 0 Å². The Morgan fingerprint density at radius 2 is 1.40 bits per heavy atom. The highest BCUT2D eigenvalue weighted by Crippen LogP contribution is 2.09. The number of unbranched alkanes of at least 4 members (excludes halogenated alkanes) is 6. The Morgan fingerprint density at radius 1 is 0.850 bits per heavy atom. The van der Waals surface area contributed by atoms with Crippen LogP contribution in [-0.2, 0) is 0 Å². The van der Waals surface area contributed by atoms with Crippen LogP contribution < -0.4 is 5.73 Å². The van der Waals surface area contributed by atoms with Crippen LogP contribution in [-0.4, -0.2) is 55.6 Å². The molecule has 0 aliphatic carbocycles. The molecule has 0 radical (unpaired) electrons. The normalized spacial score (nSPS) is 19.4. The summed E-state index contributed by atoms with van der Waals surface area (Å²) in [5.74, 6) is 0.643. The lowest BCUT2D eigenvalue weighted by molar-refractivity contribution is 0.119.